The molecule has 4 aromatic rings. The summed E-state index contributed by atoms with van der Waals surface area (Å²) < 4.78 is 22.4. The van der Waals surface area contributed by atoms with Gasteiger partial charge in [0.05, 0.1) is 34.4 Å². The third-order valence-electron chi connectivity index (χ3n) is 6.81. The van der Waals surface area contributed by atoms with Crippen molar-refractivity contribution in [2.45, 2.75) is 25.5 Å². The second-order valence-corrected chi connectivity index (χ2v) is 9.48. The summed E-state index contributed by atoms with van der Waals surface area (Å²) in [5.41, 5.74) is 2.77. The molecule has 0 bridgehead atoms. The van der Waals surface area contributed by atoms with Crippen LogP contribution in [0.4, 0.5) is 0 Å². The maximum absolute atomic E-state index is 13.6. The van der Waals surface area contributed by atoms with Crippen LogP contribution in [-0.4, -0.2) is 27.1 Å². The Labute approximate surface area is 195 Å². The summed E-state index contributed by atoms with van der Waals surface area (Å²) in [5.74, 6) is 1.34. The Morgan fingerprint density at radius 2 is 1.68 bits per heavy atom. The lowest BCUT2D eigenvalue weighted by atomic mass is 9.97. The van der Waals surface area contributed by atoms with Gasteiger partial charge in [-0.2, -0.15) is 0 Å². The lowest BCUT2D eigenvalue weighted by Crippen LogP contribution is -2.40. The molecular formula is C26H25N3O5. The molecule has 2 aliphatic heterocycles. The minimum Gasteiger partial charge on any atom is -0.454 e. The molecule has 0 fully saturated rings. The van der Waals surface area contributed by atoms with Crippen LogP contribution in [0.2, 0.25) is 0 Å². The van der Waals surface area contributed by atoms with E-state index in [4.69, 9.17) is 14.2 Å². The van der Waals surface area contributed by atoms with Gasteiger partial charge in [0.1, 0.15) is 6.10 Å². The van der Waals surface area contributed by atoms with Crippen LogP contribution in [-0.2, 0) is 24.4 Å². The second-order valence-electron chi connectivity index (χ2n) is 9.48. The molecule has 0 spiro atoms. The maximum Gasteiger partial charge on any atom is 0.331 e. The van der Waals surface area contributed by atoms with Crippen molar-refractivity contribution in [3.63, 3.8) is 0 Å². The highest BCUT2D eigenvalue weighted by Crippen LogP contribution is 2.46. The van der Waals surface area contributed by atoms with Gasteiger partial charge in [0.25, 0.3) is 5.56 Å². The molecule has 1 atom stereocenters. The Morgan fingerprint density at radius 1 is 0.941 bits per heavy atom. The molecule has 0 amide bonds. The van der Waals surface area contributed by atoms with Gasteiger partial charge in [-0.25, -0.2) is 4.79 Å². The molecule has 6 rings (SSSR count). The van der Waals surface area contributed by atoms with Crippen molar-refractivity contribution in [3.8, 4) is 22.8 Å². The molecule has 34 heavy (non-hydrogen) atoms. The van der Waals surface area contributed by atoms with Crippen molar-refractivity contribution in [2.24, 2.45) is 14.1 Å². The van der Waals surface area contributed by atoms with Crippen LogP contribution in [0, 0.1) is 0 Å². The number of nitrogens with zero attached hydrogens (tertiary/aromatic N) is 3. The van der Waals surface area contributed by atoms with Crippen LogP contribution in [0.3, 0.4) is 0 Å². The lowest BCUT2D eigenvalue weighted by Gasteiger charge is -2.39. The minimum absolute atomic E-state index is 0.180. The molecule has 0 radical (unpaired) electrons. The molecule has 2 aliphatic rings. The molecule has 8 nitrogen and oxygen atoms in total. The van der Waals surface area contributed by atoms with Gasteiger partial charge in [-0.05, 0) is 37.1 Å². The smallest absolute Gasteiger partial charge is 0.331 e. The van der Waals surface area contributed by atoms with Crippen molar-refractivity contribution in [1.82, 2.24) is 13.7 Å². The fourth-order valence-corrected chi connectivity index (χ4v) is 5.20. The van der Waals surface area contributed by atoms with Gasteiger partial charge in [0.15, 0.2) is 11.5 Å². The van der Waals surface area contributed by atoms with E-state index in [0.29, 0.717) is 29.0 Å². The number of hydrogen-bond acceptors (Lipinski definition) is 5. The third kappa shape index (κ3) is 2.75. The summed E-state index contributed by atoms with van der Waals surface area (Å²) in [4.78, 5) is 26.6. The van der Waals surface area contributed by atoms with Crippen LogP contribution >= 0.6 is 0 Å². The predicted molar refractivity (Wildman–Crippen MR) is 128 cm³/mol. The zero-order valence-corrected chi connectivity index (χ0v) is 19.5. The Bertz CT molecular complexity index is 1580. The van der Waals surface area contributed by atoms with E-state index in [1.807, 2.05) is 48.5 Å². The summed E-state index contributed by atoms with van der Waals surface area (Å²) in [7, 11) is 3.23. The molecule has 0 saturated heterocycles. The fourth-order valence-electron chi connectivity index (χ4n) is 5.20. The number of aromatic nitrogens is 3. The van der Waals surface area contributed by atoms with Crippen molar-refractivity contribution < 1.29 is 14.2 Å². The van der Waals surface area contributed by atoms with Crippen molar-refractivity contribution in [3.05, 3.63) is 80.6 Å². The zero-order chi connectivity index (χ0) is 23.8. The number of ether oxygens (including phenoxy) is 3. The average molecular weight is 460 g/mol. The Balaban J connectivity index is 1.77. The molecule has 8 heteroatoms. The van der Waals surface area contributed by atoms with Gasteiger partial charge in [-0.3, -0.25) is 13.9 Å². The van der Waals surface area contributed by atoms with Gasteiger partial charge in [0, 0.05) is 14.1 Å². The first-order valence-electron chi connectivity index (χ1n) is 11.2. The first-order valence-corrected chi connectivity index (χ1v) is 11.2. The standard InChI is InChI=1S/C26H25N3O5/c1-26(2)13-32-23(16-10-11-17-18(12-16)34-14-33-17)22-21-19(24(30)28(4)25(31)27(21)3)20(29(22)26)15-8-6-5-7-9-15/h5-12,23H,13-14H2,1-4H3/t23-/m0/s1. The largest absolute Gasteiger partial charge is 0.454 e. The molecule has 0 aliphatic carbocycles. The van der Waals surface area contributed by atoms with Crippen LogP contribution in [0.5, 0.6) is 11.5 Å². The summed E-state index contributed by atoms with van der Waals surface area (Å²) in [6.07, 6.45) is -0.500. The van der Waals surface area contributed by atoms with Crippen LogP contribution in [0.25, 0.3) is 22.2 Å². The van der Waals surface area contributed by atoms with Crippen molar-refractivity contribution >= 4 is 10.9 Å². The highest BCUT2D eigenvalue weighted by atomic mass is 16.7. The van der Waals surface area contributed by atoms with E-state index in [1.165, 1.54) is 11.6 Å². The Morgan fingerprint density at radius 3 is 2.44 bits per heavy atom. The average Bonchev–Trinajstić information content (AvgIpc) is 3.45. The van der Waals surface area contributed by atoms with Gasteiger partial charge in [-0.15, -0.1) is 0 Å². The van der Waals surface area contributed by atoms with Crippen LogP contribution < -0.4 is 20.7 Å². The Kier molecular flexibility index (Phi) is 4.35. The number of hydrogen-bond donors (Lipinski definition) is 0. The van der Waals surface area contributed by atoms with E-state index >= 15 is 0 Å². The van der Waals surface area contributed by atoms with E-state index in [-0.39, 0.29) is 18.0 Å². The normalized spacial score (nSPS) is 18.3. The molecule has 0 saturated carbocycles. The summed E-state index contributed by atoms with van der Waals surface area (Å²) >= 11 is 0. The van der Waals surface area contributed by atoms with Crippen LogP contribution in [0.15, 0.2) is 58.1 Å². The molecule has 2 aromatic heterocycles. The Hall–Kier alpha value is -3.78. The molecule has 174 valence electrons. The SMILES string of the molecule is Cn1c(=O)c2c(-c3ccccc3)n3c(c2n(C)c1=O)[C@H](c1ccc2c(c1)OCO2)OCC3(C)C. The first-order chi connectivity index (χ1) is 16.3. The topological polar surface area (TPSA) is 76.6 Å². The summed E-state index contributed by atoms with van der Waals surface area (Å²) in [6, 6.07) is 15.6. The van der Waals surface area contributed by atoms with Crippen molar-refractivity contribution in [1.29, 1.82) is 0 Å². The van der Waals surface area contributed by atoms with Gasteiger partial charge in [-0.1, -0.05) is 36.4 Å². The van der Waals surface area contributed by atoms with E-state index < -0.39 is 11.6 Å². The number of aryl methyl sites for hydroxylation is 1. The zero-order valence-electron chi connectivity index (χ0n) is 19.5. The van der Waals surface area contributed by atoms with Gasteiger partial charge in [0.2, 0.25) is 6.79 Å². The maximum atomic E-state index is 13.6. The molecule has 0 unspecified atom stereocenters. The fraction of sp³-hybridized carbons (Fsp3) is 0.308. The minimum atomic E-state index is -0.500. The third-order valence-corrected chi connectivity index (χ3v) is 6.81. The molecule has 0 N–H and O–H groups in total. The van der Waals surface area contributed by atoms with E-state index in [2.05, 4.69) is 18.4 Å². The molecule has 4 heterocycles. The summed E-state index contributed by atoms with van der Waals surface area (Å²) in [6.45, 7) is 4.77. The molecular weight excluding hydrogens is 434 g/mol. The predicted octanol–water partition coefficient (Wildman–Crippen LogP) is 3.29. The second kappa shape index (κ2) is 7.11. The number of benzene rings is 2. The summed E-state index contributed by atoms with van der Waals surface area (Å²) in [5, 5.41) is 0.509. The monoisotopic (exact) mass is 459 g/mol. The highest BCUT2D eigenvalue weighted by Gasteiger charge is 2.41. The first kappa shape index (κ1) is 20.8. The lowest BCUT2D eigenvalue weighted by molar-refractivity contribution is -0.00713. The molecule has 2 aromatic carbocycles. The highest BCUT2D eigenvalue weighted by molar-refractivity contribution is 5.96. The number of rotatable bonds is 2. The van der Waals surface area contributed by atoms with Crippen LogP contribution in [0.1, 0.15) is 31.2 Å². The van der Waals surface area contributed by atoms with Crippen molar-refractivity contribution in [2.75, 3.05) is 13.4 Å². The number of fused-ring (bicyclic) bond motifs is 4. The van der Waals surface area contributed by atoms with E-state index in [9.17, 15) is 9.59 Å². The van der Waals surface area contributed by atoms with Gasteiger partial charge >= 0.3 is 5.69 Å². The quantitative estimate of drug-likeness (QED) is 0.460. The van der Waals surface area contributed by atoms with Gasteiger partial charge < -0.3 is 18.8 Å². The van der Waals surface area contributed by atoms with E-state index in [0.717, 1.165) is 22.5 Å². The van der Waals surface area contributed by atoms with E-state index in [1.54, 1.807) is 11.6 Å².